The largest absolute Gasteiger partial charge is 0.476 e. The summed E-state index contributed by atoms with van der Waals surface area (Å²) >= 11 is 0. The molecule has 2 N–H and O–H groups in total. The van der Waals surface area contributed by atoms with Crippen molar-refractivity contribution in [3.8, 4) is 0 Å². The van der Waals surface area contributed by atoms with Crippen molar-refractivity contribution in [1.29, 1.82) is 0 Å². The molecule has 5 heteroatoms. The summed E-state index contributed by atoms with van der Waals surface area (Å²) in [5.74, 6) is -1.05. The maximum Gasteiger partial charge on any atom is 0.356 e. The van der Waals surface area contributed by atoms with E-state index >= 15 is 0 Å². The molecule has 0 saturated carbocycles. The predicted molar refractivity (Wildman–Crippen MR) is 36.3 cm³/mol. The number of carboxylic acid groups (broad SMARTS) is 1. The average Bonchev–Trinajstić information content (AvgIpc) is 2.37. The van der Waals surface area contributed by atoms with Gasteiger partial charge in [-0.2, -0.15) is 0 Å². The van der Waals surface area contributed by atoms with Crippen LogP contribution in [0.25, 0.3) is 0 Å². The van der Waals surface area contributed by atoms with Gasteiger partial charge in [-0.25, -0.2) is 9.78 Å². The van der Waals surface area contributed by atoms with Crippen LogP contribution >= 0.6 is 0 Å². The Hall–Kier alpha value is -1.36. The zero-order valence-electron chi connectivity index (χ0n) is 5.77. The number of hydrogen-bond donors (Lipinski definition) is 2. The Morgan fingerprint density at radius 2 is 2.45 bits per heavy atom. The third-order valence-corrected chi connectivity index (χ3v) is 1.21. The van der Waals surface area contributed by atoms with E-state index in [4.69, 9.17) is 10.2 Å². The van der Waals surface area contributed by atoms with Gasteiger partial charge in [0, 0.05) is 12.7 Å². The topological polar surface area (TPSA) is 75.3 Å². The lowest BCUT2D eigenvalue weighted by atomic mass is 10.5. The summed E-state index contributed by atoms with van der Waals surface area (Å²) in [5, 5.41) is 16.9. The van der Waals surface area contributed by atoms with E-state index in [1.54, 1.807) is 0 Å². The van der Waals surface area contributed by atoms with Gasteiger partial charge in [0.25, 0.3) is 0 Å². The molecule has 1 aromatic rings. The van der Waals surface area contributed by atoms with Crippen LogP contribution in [0.3, 0.4) is 0 Å². The number of nitrogens with zero attached hydrogens (tertiary/aromatic N) is 2. The van der Waals surface area contributed by atoms with Crippen LogP contribution in [0.15, 0.2) is 12.5 Å². The minimum Gasteiger partial charge on any atom is -0.476 e. The number of carbonyl (C=O) groups is 1. The van der Waals surface area contributed by atoms with Crippen molar-refractivity contribution in [2.24, 2.45) is 0 Å². The fourth-order valence-electron chi connectivity index (χ4n) is 0.708. The fraction of sp³-hybridized carbons (Fsp3) is 0.333. The Kier molecular flexibility index (Phi) is 2.22. The first kappa shape index (κ1) is 7.74. The Bertz CT molecular complexity index is 256. The minimum atomic E-state index is -1.05. The third-order valence-electron chi connectivity index (χ3n) is 1.21. The van der Waals surface area contributed by atoms with Gasteiger partial charge in [0.15, 0.2) is 5.69 Å². The van der Waals surface area contributed by atoms with E-state index in [1.165, 1.54) is 17.1 Å². The molecule has 0 aliphatic rings. The van der Waals surface area contributed by atoms with E-state index < -0.39 is 5.97 Å². The molecule has 60 valence electrons. The quantitative estimate of drug-likeness (QED) is 0.622. The van der Waals surface area contributed by atoms with E-state index in [9.17, 15) is 4.79 Å². The van der Waals surface area contributed by atoms with Crippen molar-refractivity contribution in [2.45, 2.75) is 6.54 Å². The molecule has 5 nitrogen and oxygen atoms in total. The summed E-state index contributed by atoms with van der Waals surface area (Å²) in [6.07, 6.45) is 2.75. The van der Waals surface area contributed by atoms with Crippen LogP contribution in [0.4, 0.5) is 0 Å². The van der Waals surface area contributed by atoms with Crippen molar-refractivity contribution < 1.29 is 15.0 Å². The SMILES string of the molecule is O=C(O)c1cn(CCO)cn1. The molecule has 0 spiro atoms. The lowest BCUT2D eigenvalue weighted by Gasteiger charge is -1.93. The summed E-state index contributed by atoms with van der Waals surface area (Å²) < 4.78 is 1.52. The molecule has 0 aromatic carbocycles. The zero-order chi connectivity index (χ0) is 8.27. The molecule has 1 rings (SSSR count). The van der Waals surface area contributed by atoms with Gasteiger partial charge >= 0.3 is 5.97 Å². The molecule has 0 atom stereocenters. The smallest absolute Gasteiger partial charge is 0.356 e. The molecule has 1 heterocycles. The molecule has 0 bridgehead atoms. The number of aromatic carboxylic acids is 1. The third kappa shape index (κ3) is 1.78. The van der Waals surface area contributed by atoms with Crippen molar-refractivity contribution >= 4 is 5.97 Å². The molecular formula is C6H8N2O3. The van der Waals surface area contributed by atoms with E-state index in [0.717, 1.165) is 0 Å². The summed E-state index contributed by atoms with van der Waals surface area (Å²) in [5.41, 5.74) is -0.00144. The van der Waals surface area contributed by atoms with Crippen LogP contribution in [-0.4, -0.2) is 32.3 Å². The number of hydrogen-bond acceptors (Lipinski definition) is 3. The van der Waals surface area contributed by atoms with Crippen LogP contribution in [0.5, 0.6) is 0 Å². The first-order valence-corrected chi connectivity index (χ1v) is 3.10. The van der Waals surface area contributed by atoms with Crippen molar-refractivity contribution in [1.82, 2.24) is 9.55 Å². The zero-order valence-corrected chi connectivity index (χ0v) is 5.77. The van der Waals surface area contributed by atoms with Gasteiger partial charge in [-0.3, -0.25) is 0 Å². The highest BCUT2D eigenvalue weighted by molar-refractivity contribution is 5.84. The normalized spacial score (nSPS) is 9.91. The Labute approximate surface area is 62.9 Å². The minimum absolute atomic E-state index is 0.00144. The molecule has 1 aromatic heterocycles. The van der Waals surface area contributed by atoms with E-state index in [-0.39, 0.29) is 12.3 Å². The van der Waals surface area contributed by atoms with Crippen LogP contribution in [-0.2, 0) is 6.54 Å². The predicted octanol–water partition coefficient (Wildman–Crippen LogP) is -0.426. The van der Waals surface area contributed by atoms with Crippen LogP contribution in [0.2, 0.25) is 0 Å². The highest BCUT2D eigenvalue weighted by Gasteiger charge is 2.04. The lowest BCUT2D eigenvalue weighted by molar-refractivity contribution is 0.0691. The summed E-state index contributed by atoms with van der Waals surface area (Å²) in [7, 11) is 0. The maximum atomic E-state index is 10.3. The second-order valence-corrected chi connectivity index (χ2v) is 2.03. The van der Waals surface area contributed by atoms with Crippen molar-refractivity contribution in [3.63, 3.8) is 0 Å². The van der Waals surface area contributed by atoms with Crippen LogP contribution < -0.4 is 0 Å². The van der Waals surface area contributed by atoms with Crippen molar-refractivity contribution in [2.75, 3.05) is 6.61 Å². The Balaban J connectivity index is 2.73. The first-order valence-electron chi connectivity index (χ1n) is 3.10. The highest BCUT2D eigenvalue weighted by atomic mass is 16.4. The van der Waals surface area contributed by atoms with Gasteiger partial charge in [-0.15, -0.1) is 0 Å². The monoisotopic (exact) mass is 156 g/mol. The lowest BCUT2D eigenvalue weighted by Crippen LogP contribution is -1.99. The summed E-state index contributed by atoms with van der Waals surface area (Å²) in [4.78, 5) is 13.9. The Morgan fingerprint density at radius 3 is 2.91 bits per heavy atom. The Morgan fingerprint density at radius 1 is 1.73 bits per heavy atom. The highest BCUT2D eigenvalue weighted by Crippen LogP contribution is 1.94. The molecule has 0 unspecified atom stereocenters. The van der Waals surface area contributed by atoms with Crippen LogP contribution in [0.1, 0.15) is 10.5 Å². The fourth-order valence-corrected chi connectivity index (χ4v) is 0.708. The number of aliphatic hydroxyl groups is 1. The van der Waals surface area contributed by atoms with Gasteiger partial charge in [0.2, 0.25) is 0 Å². The number of aromatic nitrogens is 2. The van der Waals surface area contributed by atoms with Gasteiger partial charge in [0.05, 0.1) is 12.9 Å². The van der Waals surface area contributed by atoms with Gasteiger partial charge in [0.1, 0.15) is 0 Å². The summed E-state index contributed by atoms with van der Waals surface area (Å²) in [6, 6.07) is 0. The molecular weight excluding hydrogens is 148 g/mol. The van der Waals surface area contributed by atoms with E-state index in [1.807, 2.05) is 0 Å². The molecule has 11 heavy (non-hydrogen) atoms. The van der Waals surface area contributed by atoms with Crippen molar-refractivity contribution in [3.05, 3.63) is 18.2 Å². The second-order valence-electron chi connectivity index (χ2n) is 2.03. The maximum absolute atomic E-state index is 10.3. The molecule has 0 amide bonds. The van der Waals surface area contributed by atoms with Crippen LogP contribution in [0, 0.1) is 0 Å². The standard InChI is InChI=1S/C6H8N2O3/c9-2-1-8-3-5(6(10)11)7-4-8/h3-4,9H,1-2H2,(H,10,11). The first-order chi connectivity index (χ1) is 5.24. The van der Waals surface area contributed by atoms with Gasteiger partial charge in [-0.05, 0) is 0 Å². The molecule has 0 fully saturated rings. The molecule has 0 saturated heterocycles. The number of carboxylic acids is 1. The summed E-state index contributed by atoms with van der Waals surface area (Å²) in [6.45, 7) is 0.357. The molecule has 0 aliphatic carbocycles. The average molecular weight is 156 g/mol. The number of rotatable bonds is 3. The van der Waals surface area contributed by atoms with Gasteiger partial charge < -0.3 is 14.8 Å². The molecule has 0 aliphatic heterocycles. The second kappa shape index (κ2) is 3.16. The van der Waals surface area contributed by atoms with E-state index in [0.29, 0.717) is 6.54 Å². The molecule has 0 radical (unpaired) electrons. The number of aliphatic hydroxyl groups excluding tert-OH is 1. The van der Waals surface area contributed by atoms with Gasteiger partial charge in [-0.1, -0.05) is 0 Å². The van der Waals surface area contributed by atoms with E-state index in [2.05, 4.69) is 4.98 Å². The number of imidazole rings is 1.